The molecule has 1 aliphatic carbocycles. The van der Waals surface area contributed by atoms with Crippen LogP contribution in [0, 0.1) is 5.92 Å². The highest BCUT2D eigenvalue weighted by Crippen LogP contribution is 2.41. The highest BCUT2D eigenvalue weighted by molar-refractivity contribution is 5.49. The summed E-state index contributed by atoms with van der Waals surface area (Å²) < 4.78 is 0. The van der Waals surface area contributed by atoms with Gasteiger partial charge in [-0.25, -0.2) is 0 Å². The third-order valence-electron chi connectivity index (χ3n) is 5.23. The van der Waals surface area contributed by atoms with Crippen molar-refractivity contribution in [3.8, 4) is 0 Å². The third-order valence-corrected chi connectivity index (χ3v) is 5.23. The first-order valence-electron chi connectivity index (χ1n) is 8.49. The molecule has 21 heavy (non-hydrogen) atoms. The van der Waals surface area contributed by atoms with Gasteiger partial charge >= 0.3 is 0 Å². The predicted molar refractivity (Wildman–Crippen MR) is 91.1 cm³/mol. The normalized spacial score (nSPS) is 27.5. The topological polar surface area (TPSA) is 15.3 Å². The molecule has 0 aromatic heterocycles. The van der Waals surface area contributed by atoms with Crippen molar-refractivity contribution in [2.45, 2.75) is 57.9 Å². The fraction of sp³-hybridized carbons (Fsp3) is 0.684. The fourth-order valence-corrected chi connectivity index (χ4v) is 3.56. The van der Waals surface area contributed by atoms with Crippen molar-refractivity contribution >= 4 is 5.69 Å². The lowest BCUT2D eigenvalue weighted by atomic mass is 9.87. The van der Waals surface area contributed by atoms with Crippen LogP contribution in [0.3, 0.4) is 0 Å². The first-order chi connectivity index (χ1) is 9.88. The molecule has 1 saturated carbocycles. The Morgan fingerprint density at radius 1 is 1.14 bits per heavy atom. The summed E-state index contributed by atoms with van der Waals surface area (Å²) in [6.07, 6.45) is 4.05. The van der Waals surface area contributed by atoms with Crippen LogP contribution in [0.25, 0.3) is 0 Å². The molecule has 0 amide bonds. The maximum atomic E-state index is 3.81. The number of nitrogens with one attached hydrogen (secondary N) is 1. The number of rotatable bonds is 2. The minimum Gasteiger partial charge on any atom is -0.370 e. The highest BCUT2D eigenvalue weighted by atomic mass is 15.2. The smallest absolute Gasteiger partial charge is 0.0367 e. The highest BCUT2D eigenvalue weighted by Gasteiger charge is 2.43. The molecule has 1 saturated heterocycles. The summed E-state index contributed by atoms with van der Waals surface area (Å²) in [5.41, 5.74) is 3.35. The van der Waals surface area contributed by atoms with Crippen LogP contribution < -0.4 is 10.2 Å². The Morgan fingerprint density at radius 2 is 1.81 bits per heavy atom. The van der Waals surface area contributed by atoms with Gasteiger partial charge in [0.25, 0.3) is 0 Å². The Labute approximate surface area is 129 Å². The zero-order chi connectivity index (χ0) is 15.1. The summed E-state index contributed by atoms with van der Waals surface area (Å²) in [5, 5.41) is 3.81. The Balaban J connectivity index is 1.78. The van der Waals surface area contributed by atoms with Crippen LogP contribution in [-0.4, -0.2) is 25.2 Å². The molecule has 2 fully saturated rings. The van der Waals surface area contributed by atoms with E-state index in [9.17, 15) is 0 Å². The van der Waals surface area contributed by atoms with Gasteiger partial charge in [-0.15, -0.1) is 0 Å². The van der Waals surface area contributed by atoms with Gasteiger partial charge in [-0.05, 0) is 61.8 Å². The van der Waals surface area contributed by atoms with Crippen LogP contribution >= 0.6 is 0 Å². The van der Waals surface area contributed by atoms with Gasteiger partial charge in [-0.2, -0.15) is 0 Å². The Morgan fingerprint density at radius 3 is 2.38 bits per heavy atom. The first-order valence-corrected chi connectivity index (χ1v) is 8.49. The Kier molecular flexibility index (Phi) is 3.77. The van der Waals surface area contributed by atoms with Crippen LogP contribution in [0.5, 0.6) is 0 Å². The van der Waals surface area contributed by atoms with Gasteiger partial charge in [0.15, 0.2) is 0 Å². The van der Waals surface area contributed by atoms with Gasteiger partial charge in [-0.1, -0.05) is 32.9 Å². The van der Waals surface area contributed by atoms with Gasteiger partial charge < -0.3 is 10.2 Å². The quantitative estimate of drug-likeness (QED) is 0.885. The van der Waals surface area contributed by atoms with Crippen LogP contribution in [0.4, 0.5) is 5.69 Å². The molecule has 1 N–H and O–H groups in total. The molecular weight excluding hydrogens is 256 g/mol. The second-order valence-electron chi connectivity index (χ2n) is 8.19. The van der Waals surface area contributed by atoms with Crippen molar-refractivity contribution in [1.29, 1.82) is 0 Å². The van der Waals surface area contributed by atoms with E-state index in [4.69, 9.17) is 0 Å². The molecule has 116 valence electrons. The van der Waals surface area contributed by atoms with Gasteiger partial charge in [0.2, 0.25) is 0 Å². The first kappa shape index (κ1) is 14.9. The standard InChI is InChI=1S/C19H30N2/c1-18(2,3)15-8-10-17(11-9-15)21-13-5-12-20-19(4,14-21)16-6-7-16/h8-11,16,20H,5-7,12-14H2,1-4H3. The van der Waals surface area contributed by atoms with E-state index in [1.165, 1.54) is 37.1 Å². The summed E-state index contributed by atoms with van der Waals surface area (Å²) in [7, 11) is 0. The van der Waals surface area contributed by atoms with Gasteiger partial charge in [-0.3, -0.25) is 0 Å². The second kappa shape index (κ2) is 5.31. The molecule has 1 unspecified atom stereocenters. The summed E-state index contributed by atoms with van der Waals surface area (Å²) in [6, 6.07) is 9.25. The van der Waals surface area contributed by atoms with Crippen molar-refractivity contribution in [2.75, 3.05) is 24.5 Å². The largest absolute Gasteiger partial charge is 0.370 e. The van der Waals surface area contributed by atoms with E-state index < -0.39 is 0 Å². The van der Waals surface area contributed by atoms with E-state index in [0.717, 1.165) is 19.0 Å². The van der Waals surface area contributed by atoms with Crippen LogP contribution in [0.1, 0.15) is 52.5 Å². The molecule has 2 nitrogen and oxygen atoms in total. The molecule has 2 heteroatoms. The van der Waals surface area contributed by atoms with Crippen LogP contribution in [0.2, 0.25) is 0 Å². The molecule has 1 aliphatic heterocycles. The maximum Gasteiger partial charge on any atom is 0.0367 e. The fourth-order valence-electron chi connectivity index (χ4n) is 3.56. The van der Waals surface area contributed by atoms with Gasteiger partial charge in [0, 0.05) is 24.3 Å². The van der Waals surface area contributed by atoms with Crippen molar-refractivity contribution in [3.63, 3.8) is 0 Å². The average molecular weight is 286 g/mol. The number of benzene rings is 1. The predicted octanol–water partition coefficient (Wildman–Crippen LogP) is 3.95. The molecule has 1 heterocycles. The van der Waals surface area contributed by atoms with Crippen molar-refractivity contribution in [1.82, 2.24) is 5.32 Å². The molecule has 0 bridgehead atoms. The molecule has 0 spiro atoms. The lowest BCUT2D eigenvalue weighted by Gasteiger charge is -2.35. The zero-order valence-corrected chi connectivity index (χ0v) is 14.1. The molecule has 0 radical (unpaired) electrons. The number of anilines is 1. The number of hydrogen-bond donors (Lipinski definition) is 1. The van der Waals surface area contributed by atoms with E-state index in [1.807, 2.05) is 0 Å². The second-order valence-corrected chi connectivity index (χ2v) is 8.19. The summed E-state index contributed by atoms with van der Waals surface area (Å²) in [6.45, 7) is 12.7. The minimum absolute atomic E-state index is 0.237. The van der Waals surface area contributed by atoms with Gasteiger partial charge in [0.1, 0.15) is 0 Å². The molecule has 2 aliphatic rings. The molecule has 1 aromatic carbocycles. The average Bonchev–Trinajstić information content (AvgIpc) is 3.25. The lowest BCUT2D eigenvalue weighted by Crippen LogP contribution is -2.51. The summed E-state index contributed by atoms with van der Waals surface area (Å²) in [5.74, 6) is 0.881. The zero-order valence-electron chi connectivity index (χ0n) is 14.1. The van der Waals surface area contributed by atoms with Crippen LogP contribution in [-0.2, 0) is 5.41 Å². The summed E-state index contributed by atoms with van der Waals surface area (Å²) in [4.78, 5) is 2.59. The molecule has 3 rings (SSSR count). The van der Waals surface area contributed by atoms with Crippen LogP contribution in [0.15, 0.2) is 24.3 Å². The van der Waals surface area contributed by atoms with E-state index in [2.05, 4.69) is 62.2 Å². The lowest BCUT2D eigenvalue weighted by molar-refractivity contribution is 0.331. The summed E-state index contributed by atoms with van der Waals surface area (Å²) >= 11 is 0. The monoisotopic (exact) mass is 286 g/mol. The molecule has 1 aromatic rings. The van der Waals surface area contributed by atoms with E-state index in [0.29, 0.717) is 5.54 Å². The van der Waals surface area contributed by atoms with E-state index in [-0.39, 0.29) is 5.41 Å². The SMILES string of the molecule is CC(C)(C)c1ccc(N2CCCNC(C)(C3CC3)C2)cc1. The maximum absolute atomic E-state index is 3.81. The Hall–Kier alpha value is -1.02. The molecule has 1 atom stereocenters. The number of hydrogen-bond acceptors (Lipinski definition) is 2. The van der Waals surface area contributed by atoms with Crippen molar-refractivity contribution in [2.24, 2.45) is 5.92 Å². The molecular formula is C19H30N2. The number of nitrogens with zero attached hydrogens (tertiary/aromatic N) is 1. The van der Waals surface area contributed by atoms with Gasteiger partial charge in [0.05, 0.1) is 0 Å². The Bertz CT molecular complexity index is 481. The van der Waals surface area contributed by atoms with E-state index >= 15 is 0 Å². The van der Waals surface area contributed by atoms with E-state index in [1.54, 1.807) is 0 Å². The van der Waals surface area contributed by atoms with Crippen molar-refractivity contribution < 1.29 is 0 Å². The minimum atomic E-state index is 0.237. The van der Waals surface area contributed by atoms with Crippen molar-refractivity contribution in [3.05, 3.63) is 29.8 Å². The third kappa shape index (κ3) is 3.26.